The van der Waals surface area contributed by atoms with Crippen molar-refractivity contribution in [3.63, 3.8) is 0 Å². The highest BCUT2D eigenvalue weighted by Crippen LogP contribution is 2.07. The second kappa shape index (κ2) is 7.32. The van der Waals surface area contributed by atoms with E-state index in [-0.39, 0.29) is 25.2 Å². The number of nitrogens with zero attached hydrogens (tertiary/aromatic N) is 1. The van der Waals surface area contributed by atoms with Gasteiger partial charge >= 0.3 is 5.97 Å². The lowest BCUT2D eigenvalue weighted by atomic mass is 10.1. The van der Waals surface area contributed by atoms with Crippen molar-refractivity contribution in [3.05, 3.63) is 45.5 Å². The summed E-state index contributed by atoms with van der Waals surface area (Å²) >= 11 is 0. The fourth-order valence-electron chi connectivity index (χ4n) is 1.26. The average molecular weight is 268 g/mol. The van der Waals surface area contributed by atoms with Crippen LogP contribution in [-0.4, -0.2) is 24.1 Å². The lowest BCUT2D eigenvalue weighted by molar-refractivity contribution is -0.763. The molecule has 1 rings (SSSR count). The summed E-state index contributed by atoms with van der Waals surface area (Å²) in [6.07, 6.45) is 0. The van der Waals surface area contributed by atoms with Gasteiger partial charge in [0.25, 0.3) is 5.09 Å². The summed E-state index contributed by atoms with van der Waals surface area (Å²) in [6, 6.07) is 6.49. The zero-order valence-electron chi connectivity index (χ0n) is 10.8. The lowest BCUT2D eigenvalue weighted by Crippen LogP contribution is -2.32. The smallest absolute Gasteiger partial charge is 0.323 e. The van der Waals surface area contributed by atoms with Crippen molar-refractivity contribution in [2.75, 3.05) is 7.05 Å². The molecule has 1 aromatic rings. The van der Waals surface area contributed by atoms with Gasteiger partial charge in [-0.1, -0.05) is 24.3 Å². The van der Waals surface area contributed by atoms with E-state index < -0.39 is 5.09 Å². The van der Waals surface area contributed by atoms with Crippen LogP contribution in [0.5, 0.6) is 0 Å². The molecule has 0 radical (unpaired) electrons. The molecular formula is C12H16N2O5. The van der Waals surface area contributed by atoms with Crippen LogP contribution in [-0.2, 0) is 27.6 Å². The zero-order valence-corrected chi connectivity index (χ0v) is 10.8. The van der Waals surface area contributed by atoms with E-state index in [0.29, 0.717) is 5.56 Å². The third kappa shape index (κ3) is 5.35. The normalized spacial score (nSPS) is 11.7. The van der Waals surface area contributed by atoms with Crippen LogP contribution >= 0.6 is 0 Å². The Bertz CT molecular complexity index is 432. The van der Waals surface area contributed by atoms with Gasteiger partial charge < -0.3 is 14.9 Å². The predicted molar refractivity (Wildman–Crippen MR) is 66.5 cm³/mol. The number of carbonyl (C=O) groups excluding carboxylic acids is 1. The Labute approximate surface area is 110 Å². The first-order chi connectivity index (χ1) is 9.02. The number of carbonyl (C=O) groups is 1. The number of ether oxygens (including phenoxy) is 1. The molecular weight excluding hydrogens is 252 g/mol. The summed E-state index contributed by atoms with van der Waals surface area (Å²) in [6.45, 7) is 1.78. The number of hydrogen-bond donors (Lipinski definition) is 1. The number of benzene rings is 1. The third-order valence-corrected chi connectivity index (χ3v) is 2.53. The number of esters is 1. The van der Waals surface area contributed by atoms with E-state index in [2.05, 4.69) is 10.2 Å². The summed E-state index contributed by atoms with van der Waals surface area (Å²) in [7, 11) is 1.68. The Kier molecular flexibility index (Phi) is 5.74. The van der Waals surface area contributed by atoms with Gasteiger partial charge in [0, 0.05) is 0 Å². The Balaban J connectivity index is 2.44. The van der Waals surface area contributed by atoms with Crippen LogP contribution < -0.4 is 5.32 Å². The predicted octanol–water partition coefficient (Wildman–Crippen LogP) is 1.05. The van der Waals surface area contributed by atoms with Crippen LogP contribution in [0.2, 0.25) is 0 Å². The minimum atomic E-state index is -0.838. The first-order valence-corrected chi connectivity index (χ1v) is 5.72. The van der Waals surface area contributed by atoms with Gasteiger partial charge in [0.1, 0.15) is 19.3 Å². The molecule has 0 aromatic heterocycles. The van der Waals surface area contributed by atoms with Gasteiger partial charge in [-0.15, -0.1) is 10.1 Å². The molecule has 19 heavy (non-hydrogen) atoms. The summed E-state index contributed by atoms with van der Waals surface area (Å²) < 4.78 is 5.08. The number of likely N-dealkylation sites (N-methyl/N-ethyl adjacent to an activating group) is 1. The van der Waals surface area contributed by atoms with Gasteiger partial charge in [-0.2, -0.15) is 0 Å². The number of rotatable bonds is 7. The molecule has 0 saturated carbocycles. The molecule has 7 heteroatoms. The molecule has 0 aliphatic heterocycles. The quantitative estimate of drug-likeness (QED) is 0.451. The second-order valence-electron chi connectivity index (χ2n) is 3.93. The minimum Gasteiger partial charge on any atom is -0.460 e. The lowest BCUT2D eigenvalue weighted by Gasteiger charge is -2.10. The highest BCUT2D eigenvalue weighted by molar-refractivity contribution is 5.75. The Hall–Kier alpha value is -2.15. The van der Waals surface area contributed by atoms with Gasteiger partial charge in [0.05, 0.1) is 0 Å². The maximum Gasteiger partial charge on any atom is 0.323 e. The summed E-state index contributed by atoms with van der Waals surface area (Å²) in [5.74, 6) is -0.330. The molecule has 0 heterocycles. The van der Waals surface area contributed by atoms with Crippen LogP contribution in [0.1, 0.15) is 18.1 Å². The SMILES string of the molecule is CNC(C)C(=O)OCc1ccc(CO[N+](=O)[O-])cc1. The standard InChI is InChI=1S/C12H16N2O5/c1-9(13-2)12(15)18-7-10-3-5-11(6-4-10)8-19-14(16)17/h3-6,9,13H,7-8H2,1-2H3. The van der Waals surface area contributed by atoms with E-state index in [0.717, 1.165) is 5.56 Å². The highest BCUT2D eigenvalue weighted by Gasteiger charge is 2.11. The van der Waals surface area contributed by atoms with Gasteiger partial charge in [-0.3, -0.25) is 4.79 Å². The third-order valence-electron chi connectivity index (χ3n) is 2.53. The topological polar surface area (TPSA) is 90.7 Å². The highest BCUT2D eigenvalue weighted by atomic mass is 16.9. The van der Waals surface area contributed by atoms with Crippen molar-refractivity contribution in [2.24, 2.45) is 0 Å². The van der Waals surface area contributed by atoms with Gasteiger partial charge in [-0.25, -0.2) is 0 Å². The zero-order chi connectivity index (χ0) is 14.3. The van der Waals surface area contributed by atoms with Crippen molar-refractivity contribution >= 4 is 5.97 Å². The van der Waals surface area contributed by atoms with Gasteiger partial charge in [0.2, 0.25) is 0 Å². The van der Waals surface area contributed by atoms with Crippen molar-refractivity contribution < 1.29 is 19.5 Å². The van der Waals surface area contributed by atoms with E-state index in [1.165, 1.54) is 0 Å². The van der Waals surface area contributed by atoms with E-state index in [4.69, 9.17) is 4.74 Å². The largest absolute Gasteiger partial charge is 0.460 e. The van der Waals surface area contributed by atoms with Crippen molar-refractivity contribution in [2.45, 2.75) is 26.2 Å². The monoisotopic (exact) mass is 268 g/mol. The first-order valence-electron chi connectivity index (χ1n) is 5.72. The number of nitrogens with one attached hydrogen (secondary N) is 1. The van der Waals surface area contributed by atoms with Crippen LogP contribution in [0.15, 0.2) is 24.3 Å². The number of hydrogen-bond acceptors (Lipinski definition) is 6. The van der Waals surface area contributed by atoms with Crippen molar-refractivity contribution in [3.8, 4) is 0 Å². The molecule has 0 fully saturated rings. The fraction of sp³-hybridized carbons (Fsp3) is 0.417. The molecule has 0 bridgehead atoms. The van der Waals surface area contributed by atoms with E-state index >= 15 is 0 Å². The molecule has 1 unspecified atom stereocenters. The van der Waals surface area contributed by atoms with E-state index in [1.807, 2.05) is 0 Å². The van der Waals surface area contributed by atoms with Crippen LogP contribution in [0, 0.1) is 10.1 Å². The summed E-state index contributed by atoms with van der Waals surface area (Å²) in [5, 5.41) is 12.0. The maximum absolute atomic E-state index is 11.4. The van der Waals surface area contributed by atoms with Gasteiger partial charge in [-0.05, 0) is 25.1 Å². The molecule has 104 valence electrons. The maximum atomic E-state index is 11.4. The molecule has 7 nitrogen and oxygen atoms in total. The molecule has 1 aromatic carbocycles. The minimum absolute atomic E-state index is 0.0934. The molecule has 0 spiro atoms. The van der Waals surface area contributed by atoms with Crippen LogP contribution in [0.25, 0.3) is 0 Å². The molecule has 0 aliphatic rings. The molecule has 1 atom stereocenters. The Morgan fingerprint density at radius 2 is 1.84 bits per heavy atom. The van der Waals surface area contributed by atoms with Gasteiger partial charge in [0.15, 0.2) is 0 Å². The molecule has 1 N–H and O–H groups in total. The second-order valence-corrected chi connectivity index (χ2v) is 3.93. The molecule has 0 saturated heterocycles. The summed E-state index contributed by atoms with van der Waals surface area (Å²) in [5.41, 5.74) is 1.48. The Morgan fingerprint density at radius 3 is 2.32 bits per heavy atom. The average Bonchev–Trinajstić information content (AvgIpc) is 2.42. The van der Waals surface area contributed by atoms with Crippen LogP contribution in [0.4, 0.5) is 0 Å². The first kappa shape index (κ1) is 14.9. The van der Waals surface area contributed by atoms with E-state index in [9.17, 15) is 14.9 Å². The van der Waals surface area contributed by atoms with Crippen molar-refractivity contribution in [1.82, 2.24) is 5.32 Å². The molecule has 0 aliphatic carbocycles. The fourth-order valence-corrected chi connectivity index (χ4v) is 1.26. The van der Waals surface area contributed by atoms with E-state index in [1.54, 1.807) is 38.2 Å². The molecule has 0 amide bonds. The van der Waals surface area contributed by atoms with Crippen LogP contribution in [0.3, 0.4) is 0 Å². The summed E-state index contributed by atoms with van der Waals surface area (Å²) in [4.78, 5) is 25.7. The Morgan fingerprint density at radius 1 is 1.32 bits per heavy atom. The van der Waals surface area contributed by atoms with Crippen molar-refractivity contribution in [1.29, 1.82) is 0 Å².